The van der Waals surface area contributed by atoms with Crippen molar-refractivity contribution in [3.63, 3.8) is 0 Å². The lowest BCUT2D eigenvalue weighted by molar-refractivity contribution is -0.395. The van der Waals surface area contributed by atoms with Crippen molar-refractivity contribution in [2.45, 2.75) is 6.65 Å². The summed E-state index contributed by atoms with van der Waals surface area (Å²) in [6, 6.07) is 2.91. The predicted octanol–water partition coefficient (Wildman–Crippen LogP) is 1.97. The quantitative estimate of drug-likeness (QED) is 0.552. The SMILES string of the molecule is [2H]C(F)c1c([N+](=O)[O-])cccc1[N+](=O)[O-]. The van der Waals surface area contributed by atoms with Gasteiger partial charge in [0.05, 0.1) is 11.2 Å². The van der Waals surface area contributed by atoms with E-state index in [1.165, 1.54) is 0 Å². The van der Waals surface area contributed by atoms with E-state index in [9.17, 15) is 24.6 Å². The normalized spacial score (nSPS) is 13.1. The number of halogens is 1. The summed E-state index contributed by atoms with van der Waals surface area (Å²) in [4.78, 5) is 19.0. The van der Waals surface area contributed by atoms with Gasteiger partial charge in [0.25, 0.3) is 11.4 Å². The maximum Gasteiger partial charge on any atom is 0.282 e. The summed E-state index contributed by atoms with van der Waals surface area (Å²) in [7, 11) is 0. The van der Waals surface area contributed by atoms with Gasteiger partial charge in [-0.25, -0.2) is 4.39 Å². The molecule has 1 unspecified atom stereocenters. The van der Waals surface area contributed by atoms with Crippen LogP contribution in [0.25, 0.3) is 0 Å². The molecule has 0 fully saturated rings. The number of nitro groups is 2. The summed E-state index contributed by atoms with van der Waals surface area (Å²) < 4.78 is 19.4. The van der Waals surface area contributed by atoms with Crippen LogP contribution in [0.15, 0.2) is 18.2 Å². The lowest BCUT2D eigenvalue weighted by Gasteiger charge is -1.98. The molecule has 7 heteroatoms. The molecule has 0 aromatic heterocycles. The highest BCUT2D eigenvalue weighted by Crippen LogP contribution is 2.28. The van der Waals surface area contributed by atoms with Crippen LogP contribution in [0, 0.1) is 20.2 Å². The molecule has 0 amide bonds. The Bertz CT molecular complexity index is 391. The van der Waals surface area contributed by atoms with E-state index in [1.54, 1.807) is 0 Å². The first kappa shape index (κ1) is 8.54. The smallest absolute Gasteiger partial charge is 0.258 e. The first-order valence-electron chi connectivity index (χ1n) is 4.01. The summed E-state index contributed by atoms with van der Waals surface area (Å²) in [6.07, 6.45) is 0. The Hall–Kier alpha value is -2.05. The number of hydrogen-bond acceptors (Lipinski definition) is 4. The van der Waals surface area contributed by atoms with Crippen molar-refractivity contribution in [2.75, 3.05) is 0 Å². The molecule has 0 saturated heterocycles. The van der Waals surface area contributed by atoms with Gasteiger partial charge in [-0.15, -0.1) is 0 Å². The van der Waals surface area contributed by atoms with Crippen LogP contribution >= 0.6 is 0 Å². The van der Waals surface area contributed by atoms with Crippen molar-refractivity contribution in [1.82, 2.24) is 0 Å². The largest absolute Gasteiger partial charge is 0.282 e. The van der Waals surface area contributed by atoms with E-state index in [0.717, 1.165) is 18.2 Å². The highest BCUT2D eigenvalue weighted by atomic mass is 19.1. The Morgan fingerprint density at radius 1 is 1.29 bits per heavy atom. The third kappa shape index (κ3) is 1.65. The molecule has 1 aromatic carbocycles. The summed E-state index contributed by atoms with van der Waals surface area (Å²) in [5.41, 5.74) is -2.34. The van der Waals surface area contributed by atoms with Gasteiger partial charge in [0, 0.05) is 12.1 Å². The van der Waals surface area contributed by atoms with Crippen molar-refractivity contribution in [2.24, 2.45) is 0 Å². The molecule has 0 bridgehead atoms. The monoisotopic (exact) mass is 201 g/mol. The second-order valence-corrected chi connectivity index (χ2v) is 2.33. The van der Waals surface area contributed by atoms with E-state index < -0.39 is 33.4 Å². The standard InChI is InChI=1S/C7H5FN2O4/c8-4-5-6(9(11)12)2-1-3-7(5)10(13)14/h1-3H,4H2/i4D. The predicted molar refractivity (Wildman–Crippen MR) is 44.6 cm³/mol. The zero-order valence-electron chi connectivity index (χ0n) is 7.71. The van der Waals surface area contributed by atoms with Crippen LogP contribution in [0.5, 0.6) is 0 Å². The fourth-order valence-corrected chi connectivity index (χ4v) is 0.971. The zero-order valence-corrected chi connectivity index (χ0v) is 6.71. The molecule has 0 radical (unpaired) electrons. The molecule has 0 aliphatic heterocycles. The van der Waals surface area contributed by atoms with Gasteiger partial charge in [0.15, 0.2) is 0 Å². The first-order chi connectivity index (χ1) is 6.95. The molecule has 0 saturated carbocycles. The molecule has 1 aromatic rings. The number of hydrogen-bond donors (Lipinski definition) is 0. The third-order valence-electron chi connectivity index (χ3n) is 1.56. The van der Waals surface area contributed by atoms with Crippen molar-refractivity contribution < 1.29 is 15.6 Å². The van der Waals surface area contributed by atoms with Crippen LogP contribution in [0.4, 0.5) is 15.8 Å². The van der Waals surface area contributed by atoms with E-state index in [-0.39, 0.29) is 0 Å². The van der Waals surface area contributed by atoms with Gasteiger partial charge in [0.2, 0.25) is 0 Å². The molecule has 0 aliphatic carbocycles. The Kier molecular flexibility index (Phi) is 2.30. The second-order valence-electron chi connectivity index (χ2n) is 2.33. The average molecular weight is 201 g/mol. The summed E-state index contributed by atoms with van der Waals surface area (Å²) in [6.45, 7) is -2.51. The summed E-state index contributed by atoms with van der Waals surface area (Å²) >= 11 is 0. The van der Waals surface area contributed by atoms with Crippen molar-refractivity contribution in [1.29, 1.82) is 0 Å². The molecule has 0 heterocycles. The molecular weight excluding hydrogens is 195 g/mol. The van der Waals surface area contributed by atoms with E-state index in [4.69, 9.17) is 1.37 Å². The van der Waals surface area contributed by atoms with E-state index >= 15 is 0 Å². The number of nitrogens with zero attached hydrogens (tertiary/aromatic N) is 2. The average Bonchev–Trinajstić information content (AvgIpc) is 2.16. The second kappa shape index (κ2) is 3.77. The third-order valence-corrected chi connectivity index (χ3v) is 1.56. The number of nitro benzene ring substituents is 2. The topological polar surface area (TPSA) is 86.3 Å². The van der Waals surface area contributed by atoms with Gasteiger partial charge in [0.1, 0.15) is 12.2 Å². The van der Waals surface area contributed by atoms with Crippen LogP contribution in [0.2, 0.25) is 0 Å². The molecule has 1 atom stereocenters. The fraction of sp³-hybridized carbons (Fsp3) is 0.143. The van der Waals surface area contributed by atoms with Crippen LogP contribution in [0.1, 0.15) is 6.93 Å². The Balaban J connectivity index is 3.48. The minimum atomic E-state index is -2.51. The molecule has 74 valence electrons. The van der Waals surface area contributed by atoms with Crippen molar-refractivity contribution >= 4 is 11.4 Å². The molecule has 14 heavy (non-hydrogen) atoms. The lowest BCUT2D eigenvalue weighted by atomic mass is 10.1. The van der Waals surface area contributed by atoms with Gasteiger partial charge in [-0.05, 0) is 6.07 Å². The molecule has 6 nitrogen and oxygen atoms in total. The minimum Gasteiger partial charge on any atom is -0.258 e. The van der Waals surface area contributed by atoms with Gasteiger partial charge < -0.3 is 0 Å². The van der Waals surface area contributed by atoms with Gasteiger partial charge in [-0.1, -0.05) is 0 Å². The highest BCUT2D eigenvalue weighted by Gasteiger charge is 2.23. The molecular formula is C7H5FN2O4. The maximum atomic E-state index is 12.7. The van der Waals surface area contributed by atoms with Crippen LogP contribution in [0.3, 0.4) is 0 Å². The van der Waals surface area contributed by atoms with Gasteiger partial charge in [-0.2, -0.15) is 0 Å². The van der Waals surface area contributed by atoms with E-state index in [2.05, 4.69) is 0 Å². The fourth-order valence-electron chi connectivity index (χ4n) is 0.971. The van der Waals surface area contributed by atoms with Crippen molar-refractivity contribution in [3.8, 4) is 0 Å². The van der Waals surface area contributed by atoms with Crippen LogP contribution in [-0.2, 0) is 6.65 Å². The van der Waals surface area contributed by atoms with E-state index in [0.29, 0.717) is 0 Å². The van der Waals surface area contributed by atoms with Crippen LogP contribution < -0.4 is 0 Å². The Morgan fingerprint density at radius 3 is 2.00 bits per heavy atom. The number of benzene rings is 1. The summed E-state index contributed by atoms with van der Waals surface area (Å²) in [5, 5.41) is 20.9. The first-order valence-corrected chi connectivity index (χ1v) is 3.43. The number of rotatable bonds is 3. The van der Waals surface area contributed by atoms with Gasteiger partial charge >= 0.3 is 0 Å². The summed E-state index contributed by atoms with van der Waals surface area (Å²) in [5.74, 6) is 0. The zero-order chi connectivity index (χ0) is 11.6. The molecule has 0 spiro atoms. The van der Waals surface area contributed by atoms with E-state index in [1.807, 2.05) is 0 Å². The van der Waals surface area contributed by atoms with Crippen molar-refractivity contribution in [3.05, 3.63) is 44.0 Å². The Labute approximate surface area is 78.7 Å². The molecule has 0 aliphatic rings. The maximum absolute atomic E-state index is 12.7. The minimum absolute atomic E-state index is 0.758. The lowest BCUT2D eigenvalue weighted by Crippen LogP contribution is -1.99. The van der Waals surface area contributed by atoms with Gasteiger partial charge in [-0.3, -0.25) is 20.2 Å². The van der Waals surface area contributed by atoms with Crippen LogP contribution in [-0.4, -0.2) is 9.85 Å². The highest BCUT2D eigenvalue weighted by molar-refractivity contribution is 5.53. The molecule has 0 N–H and O–H groups in total. The number of alkyl halides is 1. The Morgan fingerprint density at radius 2 is 1.71 bits per heavy atom. The molecule has 1 rings (SSSR count).